The first-order valence-electron chi connectivity index (χ1n) is 17.3. The lowest BCUT2D eigenvalue weighted by Gasteiger charge is -2.27. The zero-order chi connectivity index (χ0) is 33.5. The van der Waals surface area contributed by atoms with Gasteiger partial charge in [-0.15, -0.1) is 0 Å². The van der Waals surface area contributed by atoms with Crippen molar-refractivity contribution in [3.63, 3.8) is 0 Å². The number of hydrogen-bond donors (Lipinski definition) is 0. The zero-order valence-electron chi connectivity index (χ0n) is 27.5. The summed E-state index contributed by atoms with van der Waals surface area (Å²) in [7, 11) is 0. The minimum absolute atomic E-state index is 0.867. The van der Waals surface area contributed by atoms with E-state index in [1.807, 2.05) is 12.1 Å². The highest BCUT2D eigenvalue weighted by molar-refractivity contribution is 6.20. The van der Waals surface area contributed by atoms with Gasteiger partial charge in [-0.25, -0.2) is 0 Å². The molecule has 3 nitrogen and oxygen atoms in total. The van der Waals surface area contributed by atoms with Crippen LogP contribution in [-0.2, 0) is 0 Å². The van der Waals surface area contributed by atoms with Gasteiger partial charge in [0.15, 0.2) is 0 Å². The molecule has 0 unspecified atom stereocenters. The van der Waals surface area contributed by atoms with E-state index in [-0.39, 0.29) is 0 Å². The van der Waals surface area contributed by atoms with Crippen LogP contribution >= 0.6 is 0 Å². The van der Waals surface area contributed by atoms with Crippen molar-refractivity contribution < 1.29 is 8.83 Å². The van der Waals surface area contributed by atoms with Crippen molar-refractivity contribution in [3.05, 3.63) is 176 Å². The van der Waals surface area contributed by atoms with Gasteiger partial charge in [0.2, 0.25) is 0 Å². The maximum atomic E-state index is 6.65. The first-order chi connectivity index (χ1) is 25.3. The minimum atomic E-state index is 0.867. The molecule has 11 rings (SSSR count). The van der Waals surface area contributed by atoms with Crippen LogP contribution in [0.5, 0.6) is 0 Å². The second kappa shape index (κ2) is 10.8. The quantitative estimate of drug-likeness (QED) is 0.177. The third-order valence-electron chi connectivity index (χ3n) is 10.4. The molecule has 2 aromatic heterocycles. The predicted octanol–water partition coefficient (Wildman–Crippen LogP) is 14.1. The molecule has 0 aliphatic rings. The number of anilines is 3. The third-order valence-corrected chi connectivity index (χ3v) is 10.4. The lowest BCUT2D eigenvalue weighted by Crippen LogP contribution is -2.10. The maximum Gasteiger partial charge on any atom is 0.143 e. The van der Waals surface area contributed by atoms with Crippen LogP contribution in [0.2, 0.25) is 0 Å². The van der Waals surface area contributed by atoms with Crippen LogP contribution in [0, 0.1) is 0 Å². The topological polar surface area (TPSA) is 29.5 Å². The van der Waals surface area contributed by atoms with Crippen LogP contribution in [0.25, 0.3) is 87.3 Å². The highest BCUT2D eigenvalue weighted by Gasteiger charge is 2.21. The van der Waals surface area contributed by atoms with E-state index < -0.39 is 0 Å². The normalized spacial score (nSPS) is 11.9. The lowest BCUT2D eigenvalue weighted by atomic mass is 10.00. The van der Waals surface area contributed by atoms with Crippen molar-refractivity contribution >= 4 is 93.3 Å². The van der Waals surface area contributed by atoms with E-state index in [1.165, 1.54) is 26.9 Å². The number of furan rings is 2. The number of benzene rings is 9. The van der Waals surface area contributed by atoms with Gasteiger partial charge in [-0.05, 0) is 98.7 Å². The molecule has 51 heavy (non-hydrogen) atoms. The Morgan fingerprint density at radius 2 is 0.941 bits per heavy atom. The van der Waals surface area contributed by atoms with Gasteiger partial charge in [0.25, 0.3) is 0 Å². The minimum Gasteiger partial charge on any atom is -0.456 e. The van der Waals surface area contributed by atoms with Gasteiger partial charge >= 0.3 is 0 Å². The summed E-state index contributed by atoms with van der Waals surface area (Å²) in [5, 5.41) is 11.7. The van der Waals surface area contributed by atoms with Crippen LogP contribution in [0.1, 0.15) is 0 Å². The van der Waals surface area contributed by atoms with Gasteiger partial charge in [-0.3, -0.25) is 0 Å². The average molecular weight is 652 g/mol. The highest BCUT2D eigenvalue weighted by Crippen LogP contribution is 2.45. The summed E-state index contributed by atoms with van der Waals surface area (Å²) in [5.74, 6) is 0. The van der Waals surface area contributed by atoms with Crippen LogP contribution in [0.4, 0.5) is 17.1 Å². The Balaban J connectivity index is 1.12. The molecule has 0 aliphatic heterocycles. The van der Waals surface area contributed by atoms with Gasteiger partial charge in [-0.2, -0.15) is 0 Å². The maximum absolute atomic E-state index is 6.65. The van der Waals surface area contributed by atoms with E-state index in [0.29, 0.717) is 0 Å². The number of fused-ring (bicyclic) bond motifs is 11. The Kier molecular flexibility index (Phi) is 5.96. The van der Waals surface area contributed by atoms with Crippen LogP contribution < -0.4 is 4.90 Å². The first kappa shape index (κ1) is 28.0. The summed E-state index contributed by atoms with van der Waals surface area (Å²) >= 11 is 0. The monoisotopic (exact) mass is 651 g/mol. The molecule has 0 atom stereocenters. The molecule has 9 aromatic carbocycles. The molecule has 2 heterocycles. The largest absolute Gasteiger partial charge is 0.456 e. The van der Waals surface area contributed by atoms with Crippen molar-refractivity contribution in [2.24, 2.45) is 0 Å². The van der Waals surface area contributed by atoms with Gasteiger partial charge in [-0.1, -0.05) is 115 Å². The molecular formula is C48H29NO2. The van der Waals surface area contributed by atoms with Crippen molar-refractivity contribution in [2.75, 3.05) is 4.90 Å². The molecule has 0 saturated carbocycles. The predicted molar refractivity (Wildman–Crippen MR) is 214 cm³/mol. The molecular weight excluding hydrogens is 623 g/mol. The van der Waals surface area contributed by atoms with E-state index in [9.17, 15) is 0 Å². The molecule has 0 aliphatic carbocycles. The molecule has 0 amide bonds. The highest BCUT2D eigenvalue weighted by atomic mass is 16.3. The SMILES string of the molecule is c1ccc2c(c1)ccc1ccc(N(c3ccc(-c4ccc5c(c4)oc4ccccc45)cc3)c3cccc4oc5c6ccccc6ccc5c34)cc12. The second-order valence-corrected chi connectivity index (χ2v) is 13.3. The lowest BCUT2D eigenvalue weighted by molar-refractivity contribution is 0.669. The molecule has 0 fully saturated rings. The molecule has 0 N–H and O–H groups in total. The van der Waals surface area contributed by atoms with Crippen molar-refractivity contribution in [1.82, 2.24) is 0 Å². The van der Waals surface area contributed by atoms with Crippen molar-refractivity contribution in [3.8, 4) is 11.1 Å². The van der Waals surface area contributed by atoms with Crippen molar-refractivity contribution in [1.29, 1.82) is 0 Å². The van der Waals surface area contributed by atoms with Crippen molar-refractivity contribution in [2.45, 2.75) is 0 Å². The number of hydrogen-bond acceptors (Lipinski definition) is 3. The summed E-state index contributed by atoms with van der Waals surface area (Å²) in [4.78, 5) is 2.37. The summed E-state index contributed by atoms with van der Waals surface area (Å²) in [6.07, 6.45) is 0. The second-order valence-electron chi connectivity index (χ2n) is 13.3. The van der Waals surface area contributed by atoms with Crippen LogP contribution in [0.3, 0.4) is 0 Å². The Hall–Kier alpha value is -6.84. The standard InChI is InChI=1S/C48H29NO2/c1-3-10-37-31(8-1)16-17-33-20-25-36(29-42(33)37)49(43-13-7-15-45-47(43)41-27-21-32-9-2-4-11-38(32)48(41)51-45)35-23-18-30(19-24-35)34-22-26-40-39-12-5-6-14-44(39)50-46(40)28-34/h1-29H. The molecule has 11 aromatic rings. The zero-order valence-corrected chi connectivity index (χ0v) is 27.5. The fourth-order valence-corrected chi connectivity index (χ4v) is 7.99. The smallest absolute Gasteiger partial charge is 0.143 e. The first-order valence-corrected chi connectivity index (χ1v) is 17.3. The summed E-state index contributed by atoms with van der Waals surface area (Å²) in [6, 6.07) is 62.7. The van der Waals surface area contributed by atoms with E-state index >= 15 is 0 Å². The average Bonchev–Trinajstić information content (AvgIpc) is 3.77. The van der Waals surface area contributed by atoms with Gasteiger partial charge in [0, 0.05) is 32.9 Å². The molecule has 238 valence electrons. The van der Waals surface area contributed by atoms with Gasteiger partial charge in [0.1, 0.15) is 22.3 Å². The molecule has 0 bridgehead atoms. The summed E-state index contributed by atoms with van der Waals surface area (Å²) < 4.78 is 12.9. The summed E-state index contributed by atoms with van der Waals surface area (Å²) in [5.41, 5.74) is 9.04. The number of nitrogens with zero attached hydrogens (tertiary/aromatic N) is 1. The molecule has 0 radical (unpaired) electrons. The fourth-order valence-electron chi connectivity index (χ4n) is 7.99. The molecule has 0 saturated heterocycles. The Labute approximate surface area is 293 Å². The Morgan fingerprint density at radius 1 is 0.333 bits per heavy atom. The Bertz CT molecular complexity index is 3150. The van der Waals surface area contributed by atoms with Crippen LogP contribution in [-0.4, -0.2) is 0 Å². The van der Waals surface area contributed by atoms with E-state index in [4.69, 9.17) is 8.83 Å². The van der Waals surface area contributed by atoms with E-state index in [0.717, 1.165) is 77.5 Å². The number of para-hydroxylation sites is 1. The Morgan fingerprint density at radius 3 is 1.80 bits per heavy atom. The van der Waals surface area contributed by atoms with E-state index in [2.05, 4.69) is 169 Å². The molecule has 0 spiro atoms. The third kappa shape index (κ3) is 4.32. The number of rotatable bonds is 4. The van der Waals surface area contributed by atoms with Gasteiger partial charge < -0.3 is 13.7 Å². The summed E-state index contributed by atoms with van der Waals surface area (Å²) in [6.45, 7) is 0. The molecule has 3 heteroatoms. The van der Waals surface area contributed by atoms with Crippen LogP contribution in [0.15, 0.2) is 185 Å². The van der Waals surface area contributed by atoms with Gasteiger partial charge in [0.05, 0.1) is 11.1 Å². The fraction of sp³-hybridized carbons (Fsp3) is 0. The van der Waals surface area contributed by atoms with E-state index in [1.54, 1.807) is 0 Å².